The van der Waals surface area contributed by atoms with Gasteiger partial charge in [0.05, 0.1) is 5.52 Å². The van der Waals surface area contributed by atoms with Crippen molar-refractivity contribution in [3.8, 4) is 0 Å². The number of H-pyrrole nitrogens is 1. The van der Waals surface area contributed by atoms with Gasteiger partial charge in [0.2, 0.25) is 0 Å². The molecule has 0 aliphatic heterocycles. The van der Waals surface area contributed by atoms with Crippen molar-refractivity contribution >= 4 is 27.0 Å². The van der Waals surface area contributed by atoms with Crippen molar-refractivity contribution in [3.63, 3.8) is 0 Å². The summed E-state index contributed by atoms with van der Waals surface area (Å²) in [6.07, 6.45) is 5.11. The molecule has 1 aliphatic rings. The smallest absolute Gasteiger partial charge is 0.408 e. The van der Waals surface area contributed by atoms with E-state index < -0.39 is 0 Å². The third-order valence-corrected chi connectivity index (χ3v) is 5.73. The number of alkyl halides is 1. The van der Waals surface area contributed by atoms with Crippen LogP contribution in [0, 0.1) is 5.41 Å². The fraction of sp³-hybridized carbons (Fsp3) is 0.500. The molecule has 1 fully saturated rings. The Morgan fingerprint density at radius 2 is 2.11 bits per heavy atom. The SMILES string of the molecule is CC1(C(Br)c2ccc3[nH]c(=O)oc3c2)CCCC1. The highest BCUT2D eigenvalue weighted by molar-refractivity contribution is 9.09. The van der Waals surface area contributed by atoms with Crippen LogP contribution in [0.25, 0.3) is 11.1 Å². The standard InChI is InChI=1S/C14H16BrNO2/c1-14(6-2-3-7-14)12(15)9-4-5-10-11(8-9)18-13(17)16-10/h4-5,8,12H,2-3,6-7H2,1H3,(H,16,17). The number of halogens is 1. The van der Waals surface area contributed by atoms with Gasteiger partial charge in [-0.2, -0.15) is 0 Å². The van der Waals surface area contributed by atoms with Gasteiger partial charge in [0.1, 0.15) is 0 Å². The lowest BCUT2D eigenvalue weighted by Gasteiger charge is -2.30. The molecule has 1 saturated carbocycles. The van der Waals surface area contributed by atoms with Crippen molar-refractivity contribution in [2.75, 3.05) is 0 Å². The van der Waals surface area contributed by atoms with Gasteiger partial charge in [0.25, 0.3) is 0 Å². The van der Waals surface area contributed by atoms with Gasteiger partial charge in [-0.05, 0) is 36.0 Å². The summed E-state index contributed by atoms with van der Waals surface area (Å²) in [5.74, 6) is -0.389. The maximum Gasteiger partial charge on any atom is 0.417 e. The van der Waals surface area contributed by atoms with E-state index in [1.54, 1.807) is 0 Å². The Labute approximate surface area is 114 Å². The summed E-state index contributed by atoms with van der Waals surface area (Å²) in [7, 11) is 0. The molecular formula is C14H16BrNO2. The molecule has 1 heterocycles. The molecule has 1 aromatic carbocycles. The second-order valence-electron chi connectivity index (χ2n) is 5.49. The van der Waals surface area contributed by atoms with Crippen molar-refractivity contribution in [2.45, 2.75) is 37.4 Å². The van der Waals surface area contributed by atoms with Gasteiger partial charge in [-0.25, -0.2) is 4.79 Å². The zero-order chi connectivity index (χ0) is 12.8. The van der Waals surface area contributed by atoms with E-state index in [4.69, 9.17) is 4.42 Å². The van der Waals surface area contributed by atoms with Crippen LogP contribution < -0.4 is 5.76 Å². The normalized spacial score (nSPS) is 20.3. The van der Waals surface area contributed by atoms with Gasteiger partial charge in [0, 0.05) is 4.83 Å². The predicted octanol–water partition coefficient (Wildman–Crippen LogP) is 4.14. The Morgan fingerprint density at radius 1 is 1.39 bits per heavy atom. The third-order valence-electron chi connectivity index (χ3n) is 4.10. The summed E-state index contributed by atoms with van der Waals surface area (Å²) in [5.41, 5.74) is 2.91. The molecule has 1 aromatic heterocycles. The number of oxazole rings is 1. The first-order valence-electron chi connectivity index (χ1n) is 6.35. The average Bonchev–Trinajstić information content (AvgIpc) is 2.93. The summed E-state index contributed by atoms with van der Waals surface area (Å²) in [4.78, 5) is 14.1. The summed E-state index contributed by atoms with van der Waals surface area (Å²) in [5, 5.41) is 0. The topological polar surface area (TPSA) is 46.0 Å². The average molecular weight is 310 g/mol. The minimum absolute atomic E-state index is 0.310. The highest BCUT2D eigenvalue weighted by atomic mass is 79.9. The maximum atomic E-state index is 11.2. The quantitative estimate of drug-likeness (QED) is 0.847. The van der Waals surface area contributed by atoms with E-state index in [9.17, 15) is 4.79 Å². The summed E-state index contributed by atoms with van der Waals surface area (Å²) >= 11 is 3.83. The van der Waals surface area contributed by atoms with E-state index >= 15 is 0 Å². The Kier molecular flexibility index (Phi) is 2.85. The zero-order valence-corrected chi connectivity index (χ0v) is 11.9. The molecule has 3 rings (SSSR count). The lowest BCUT2D eigenvalue weighted by Crippen LogP contribution is -2.17. The predicted molar refractivity (Wildman–Crippen MR) is 75.1 cm³/mol. The molecule has 0 saturated heterocycles. The van der Waals surface area contributed by atoms with E-state index in [1.807, 2.05) is 12.1 Å². The molecule has 4 heteroatoms. The van der Waals surface area contributed by atoms with Crippen molar-refractivity contribution in [1.82, 2.24) is 4.98 Å². The van der Waals surface area contributed by atoms with Crippen LogP contribution in [0.1, 0.15) is 43.0 Å². The Bertz CT molecular complexity index is 622. The maximum absolute atomic E-state index is 11.2. The van der Waals surface area contributed by atoms with Gasteiger partial charge in [-0.1, -0.05) is 41.8 Å². The molecule has 1 aliphatic carbocycles. The van der Waals surface area contributed by atoms with Gasteiger partial charge >= 0.3 is 5.76 Å². The number of hydrogen-bond acceptors (Lipinski definition) is 2. The van der Waals surface area contributed by atoms with E-state index in [2.05, 4.69) is 33.9 Å². The molecule has 0 radical (unpaired) electrons. The summed E-state index contributed by atoms with van der Waals surface area (Å²) in [6.45, 7) is 2.33. The van der Waals surface area contributed by atoms with Crippen LogP contribution in [0.4, 0.5) is 0 Å². The number of rotatable bonds is 2. The molecule has 1 unspecified atom stereocenters. The van der Waals surface area contributed by atoms with Gasteiger partial charge in [-0.15, -0.1) is 0 Å². The van der Waals surface area contributed by atoms with Gasteiger partial charge in [0.15, 0.2) is 5.58 Å². The van der Waals surface area contributed by atoms with Crippen LogP contribution in [0.2, 0.25) is 0 Å². The van der Waals surface area contributed by atoms with Crippen LogP contribution in [0.3, 0.4) is 0 Å². The fourth-order valence-corrected chi connectivity index (χ4v) is 3.70. The number of aromatic amines is 1. The molecule has 0 amide bonds. The van der Waals surface area contributed by atoms with Crippen LogP contribution in [-0.4, -0.2) is 4.98 Å². The van der Waals surface area contributed by atoms with Gasteiger partial charge in [-0.3, -0.25) is 4.98 Å². The minimum atomic E-state index is -0.389. The number of benzene rings is 1. The second kappa shape index (κ2) is 4.26. The summed E-state index contributed by atoms with van der Waals surface area (Å²) < 4.78 is 5.12. The third kappa shape index (κ3) is 1.92. The highest BCUT2D eigenvalue weighted by Gasteiger charge is 2.36. The van der Waals surface area contributed by atoms with E-state index in [-0.39, 0.29) is 5.76 Å². The number of nitrogens with one attached hydrogen (secondary N) is 1. The monoisotopic (exact) mass is 309 g/mol. The number of aromatic nitrogens is 1. The fourth-order valence-electron chi connectivity index (χ4n) is 2.96. The Morgan fingerprint density at radius 3 is 2.83 bits per heavy atom. The van der Waals surface area contributed by atoms with E-state index in [0.717, 1.165) is 5.52 Å². The largest absolute Gasteiger partial charge is 0.417 e. The van der Waals surface area contributed by atoms with E-state index in [1.165, 1.54) is 31.2 Å². The first kappa shape index (κ1) is 12.0. The zero-order valence-electron chi connectivity index (χ0n) is 10.3. The van der Waals surface area contributed by atoms with Crippen molar-refractivity contribution in [1.29, 1.82) is 0 Å². The molecular weight excluding hydrogens is 294 g/mol. The lowest BCUT2D eigenvalue weighted by molar-refractivity contribution is 0.331. The molecule has 18 heavy (non-hydrogen) atoms. The van der Waals surface area contributed by atoms with Crippen molar-refractivity contribution in [3.05, 3.63) is 34.3 Å². The van der Waals surface area contributed by atoms with Crippen molar-refractivity contribution in [2.24, 2.45) is 5.41 Å². The molecule has 2 aromatic rings. The highest BCUT2D eigenvalue weighted by Crippen LogP contribution is 2.51. The first-order chi connectivity index (χ1) is 8.58. The van der Waals surface area contributed by atoms with Crippen LogP contribution in [-0.2, 0) is 0 Å². The van der Waals surface area contributed by atoms with Crippen LogP contribution in [0.5, 0.6) is 0 Å². The minimum Gasteiger partial charge on any atom is -0.408 e. The second-order valence-corrected chi connectivity index (χ2v) is 6.41. The van der Waals surface area contributed by atoms with Crippen LogP contribution >= 0.6 is 15.9 Å². The molecule has 0 bridgehead atoms. The molecule has 1 atom stereocenters. The summed E-state index contributed by atoms with van der Waals surface area (Å²) in [6, 6.07) is 5.95. The molecule has 0 spiro atoms. The van der Waals surface area contributed by atoms with Crippen molar-refractivity contribution < 1.29 is 4.42 Å². The molecule has 1 N–H and O–H groups in total. The Balaban J connectivity index is 2.00. The first-order valence-corrected chi connectivity index (χ1v) is 7.27. The van der Waals surface area contributed by atoms with Crippen LogP contribution in [0.15, 0.2) is 27.4 Å². The molecule has 96 valence electrons. The Hall–Kier alpha value is -1.03. The lowest BCUT2D eigenvalue weighted by atomic mass is 9.82. The number of hydrogen-bond donors (Lipinski definition) is 1. The number of fused-ring (bicyclic) bond motifs is 1. The van der Waals surface area contributed by atoms with E-state index in [0.29, 0.717) is 15.8 Å². The molecule has 3 nitrogen and oxygen atoms in total. The van der Waals surface area contributed by atoms with Gasteiger partial charge < -0.3 is 4.42 Å².